The van der Waals surface area contributed by atoms with Crippen LogP contribution in [0.1, 0.15) is 56.1 Å². The van der Waals surface area contributed by atoms with E-state index in [2.05, 4.69) is 5.32 Å². The molecule has 28 heavy (non-hydrogen) atoms. The van der Waals surface area contributed by atoms with Gasteiger partial charge in [-0.05, 0) is 52.0 Å². The number of hydrogen-bond donors (Lipinski definition) is 3. The fourth-order valence-corrected chi connectivity index (χ4v) is 2.47. The number of carbonyl (C=O) groups is 3. The summed E-state index contributed by atoms with van der Waals surface area (Å²) in [4.78, 5) is 36.1. The van der Waals surface area contributed by atoms with Crippen molar-refractivity contribution in [2.75, 3.05) is 6.50 Å². The van der Waals surface area contributed by atoms with Crippen molar-refractivity contribution >= 4 is 17.8 Å². The Hall–Kier alpha value is -2.41. The van der Waals surface area contributed by atoms with Crippen LogP contribution in [-0.2, 0) is 20.7 Å². The number of Topliss-reactive ketones (excluding diaryl/α,β-unsaturated/α-hetero) is 1. The number of carbonyl (C=O) groups excluding carboxylic acids is 3. The molecule has 0 fully saturated rings. The highest BCUT2D eigenvalue weighted by atomic mass is 16.6. The van der Waals surface area contributed by atoms with Crippen LogP contribution in [0.3, 0.4) is 0 Å². The van der Waals surface area contributed by atoms with E-state index in [1.54, 1.807) is 20.8 Å². The Balaban J connectivity index is 2.60. The third-order valence-electron chi connectivity index (χ3n) is 3.85. The van der Waals surface area contributed by atoms with E-state index in [0.29, 0.717) is 0 Å². The Morgan fingerprint density at radius 1 is 1.21 bits per heavy atom. The molecule has 0 saturated carbocycles. The molecule has 7 nitrogen and oxygen atoms in total. The third-order valence-corrected chi connectivity index (χ3v) is 3.85. The molecule has 1 aromatic carbocycles. The average molecular weight is 395 g/mol. The van der Waals surface area contributed by atoms with Gasteiger partial charge in [-0.25, -0.2) is 4.79 Å². The number of ether oxygens (including phenoxy) is 1. The van der Waals surface area contributed by atoms with Crippen LogP contribution in [0.5, 0.6) is 0 Å². The van der Waals surface area contributed by atoms with Gasteiger partial charge in [-0.15, -0.1) is 0 Å². The van der Waals surface area contributed by atoms with E-state index >= 15 is 0 Å². The lowest BCUT2D eigenvalue weighted by atomic mass is 9.90. The number of benzene rings is 1. The number of primary amides is 1. The quantitative estimate of drug-likeness (QED) is 0.531. The third kappa shape index (κ3) is 10.1. The smallest absolute Gasteiger partial charge is 0.407 e. The predicted octanol–water partition coefficient (Wildman–Crippen LogP) is 2.31. The first-order valence-corrected chi connectivity index (χ1v) is 9.28. The molecular weight excluding hydrogens is 358 g/mol. The van der Waals surface area contributed by atoms with E-state index in [1.807, 2.05) is 30.3 Å². The Kier molecular flexibility index (Phi) is 7.73. The predicted molar refractivity (Wildman–Crippen MR) is 109 cm³/mol. The molecule has 2 atom stereocenters. The molecular formula is C21H33N3O4. The van der Waals surface area contributed by atoms with Gasteiger partial charge in [0.15, 0.2) is 0 Å². The van der Waals surface area contributed by atoms with E-state index < -0.39 is 41.8 Å². The van der Waals surface area contributed by atoms with Crippen LogP contribution < -0.4 is 16.8 Å². The lowest BCUT2D eigenvalue weighted by molar-refractivity contribution is -0.128. The summed E-state index contributed by atoms with van der Waals surface area (Å²) in [5.41, 5.74) is 11.3. The number of nitrogens with one attached hydrogen (secondary N) is 1. The Morgan fingerprint density at radius 3 is 2.43 bits per heavy atom. The van der Waals surface area contributed by atoms with Crippen LogP contribution in [0, 0.1) is 5.92 Å². The summed E-state index contributed by atoms with van der Waals surface area (Å²) in [5, 5.41) is 2.13. The molecule has 0 spiro atoms. The van der Waals surface area contributed by atoms with Gasteiger partial charge >= 0.3 is 6.09 Å². The molecule has 1 rings (SSSR count). The summed E-state index contributed by atoms with van der Waals surface area (Å²) in [6.07, 6.45) is -1.15. The Bertz CT molecular complexity index is 765. The van der Waals surface area contributed by atoms with Crippen LogP contribution in [0.4, 0.5) is 4.79 Å². The number of alkyl carbamates (subject to hydrolysis) is 1. The van der Waals surface area contributed by atoms with Crippen molar-refractivity contribution in [2.45, 2.75) is 64.5 Å². The van der Waals surface area contributed by atoms with Crippen molar-refractivity contribution < 1.29 is 23.2 Å². The van der Waals surface area contributed by atoms with Crippen molar-refractivity contribution in [3.63, 3.8) is 0 Å². The van der Waals surface area contributed by atoms with Crippen molar-refractivity contribution in [3.05, 3.63) is 35.9 Å². The first kappa shape index (κ1) is 18.9. The van der Waals surface area contributed by atoms with E-state index in [1.165, 1.54) is 0 Å². The minimum absolute atomic E-state index is 0.0639. The number of hydrogen-bond acceptors (Lipinski definition) is 5. The van der Waals surface area contributed by atoms with Gasteiger partial charge in [0.1, 0.15) is 11.4 Å². The first-order valence-electron chi connectivity index (χ1n) is 10.8. The highest BCUT2D eigenvalue weighted by Crippen LogP contribution is 2.14. The lowest BCUT2D eigenvalue weighted by Gasteiger charge is -2.19. The molecule has 0 aliphatic carbocycles. The number of rotatable bonds is 11. The summed E-state index contributed by atoms with van der Waals surface area (Å²) in [5.74, 6) is -2.08. The second-order valence-electron chi connectivity index (χ2n) is 7.60. The molecule has 0 saturated heterocycles. The molecule has 0 aromatic heterocycles. The minimum Gasteiger partial charge on any atom is -0.444 e. The van der Waals surface area contributed by atoms with Crippen molar-refractivity contribution in [1.82, 2.24) is 5.32 Å². The van der Waals surface area contributed by atoms with E-state index in [9.17, 15) is 14.4 Å². The monoisotopic (exact) mass is 394 g/mol. The Morgan fingerprint density at radius 2 is 1.86 bits per heavy atom. The topological polar surface area (TPSA) is 125 Å². The van der Waals surface area contributed by atoms with Crippen LogP contribution in [0.25, 0.3) is 0 Å². The maximum Gasteiger partial charge on any atom is 0.407 e. The summed E-state index contributed by atoms with van der Waals surface area (Å²) in [6, 6.07) is 7.09. The Labute approximate surface area is 171 Å². The van der Waals surface area contributed by atoms with E-state index in [4.69, 9.17) is 20.3 Å². The molecule has 5 N–H and O–H groups in total. The zero-order chi connectivity index (χ0) is 23.9. The normalized spacial score (nSPS) is 16.6. The molecule has 0 heterocycles. The standard InChI is InChI=1S/C21H33N3O4/c1-21(2,3)28-20(27)24-12-8-7-11-17(22)18(25)14-16(19(23)26)13-15-9-5-4-6-10-15/h4-6,9-10,16-17H,7-8,11-14,22H2,1-3H3,(H2,23,26)(H,24,27)/t16-,17+/m1/s1/i12D2,17D. The SMILES string of the molecule is [2H]C([2H])(CCC[C@]([2H])(N)C(=O)C[C@@H](Cc1ccccc1)C(N)=O)NC(=O)OC(C)(C)C. The number of nitrogens with two attached hydrogens (primary N) is 2. The highest BCUT2D eigenvalue weighted by Gasteiger charge is 2.23. The van der Waals surface area contributed by atoms with Gasteiger partial charge in [-0.1, -0.05) is 30.3 Å². The largest absolute Gasteiger partial charge is 0.444 e. The zero-order valence-electron chi connectivity index (χ0n) is 19.8. The minimum atomic E-state index is -2.09. The summed E-state index contributed by atoms with van der Waals surface area (Å²) < 4.78 is 28.9. The highest BCUT2D eigenvalue weighted by molar-refractivity contribution is 5.89. The molecule has 156 valence electrons. The fraction of sp³-hybridized carbons (Fsp3) is 0.571. The molecule has 0 bridgehead atoms. The zero-order valence-corrected chi connectivity index (χ0v) is 16.8. The van der Waals surface area contributed by atoms with Crippen LogP contribution in [-0.4, -0.2) is 35.9 Å². The average Bonchev–Trinajstić information content (AvgIpc) is 2.59. The molecule has 1 aromatic rings. The van der Waals surface area contributed by atoms with Crippen LogP contribution in [0.15, 0.2) is 30.3 Å². The van der Waals surface area contributed by atoms with Gasteiger partial charge < -0.3 is 21.5 Å². The maximum atomic E-state index is 12.6. The fourth-order valence-electron chi connectivity index (χ4n) is 2.47. The summed E-state index contributed by atoms with van der Waals surface area (Å²) in [7, 11) is 0. The van der Waals surface area contributed by atoms with Crippen molar-refractivity contribution in [3.8, 4) is 0 Å². The second kappa shape index (κ2) is 11.4. The van der Waals surface area contributed by atoms with Gasteiger partial charge in [-0.3, -0.25) is 9.59 Å². The van der Waals surface area contributed by atoms with Gasteiger partial charge in [0.2, 0.25) is 5.91 Å². The van der Waals surface area contributed by atoms with Crippen molar-refractivity contribution in [1.29, 1.82) is 0 Å². The molecule has 0 aliphatic heterocycles. The molecule has 0 unspecified atom stereocenters. The summed E-state index contributed by atoms with van der Waals surface area (Å²) >= 11 is 0. The second-order valence-corrected chi connectivity index (χ2v) is 7.60. The van der Waals surface area contributed by atoms with Gasteiger partial charge in [0, 0.05) is 21.6 Å². The van der Waals surface area contributed by atoms with Gasteiger partial charge in [-0.2, -0.15) is 0 Å². The molecule has 2 amide bonds. The van der Waals surface area contributed by atoms with Crippen LogP contribution >= 0.6 is 0 Å². The summed E-state index contributed by atoms with van der Waals surface area (Å²) in [6.45, 7) is 2.89. The number of ketones is 1. The van der Waals surface area contributed by atoms with E-state index in [-0.39, 0.29) is 32.1 Å². The molecule has 0 aliphatic rings. The van der Waals surface area contributed by atoms with Crippen molar-refractivity contribution in [2.24, 2.45) is 17.4 Å². The lowest BCUT2D eigenvalue weighted by Crippen LogP contribution is -2.36. The maximum absolute atomic E-state index is 12.6. The van der Waals surface area contributed by atoms with E-state index in [0.717, 1.165) is 5.56 Å². The van der Waals surface area contributed by atoms with Crippen LogP contribution in [0.2, 0.25) is 0 Å². The first-order chi connectivity index (χ1) is 14.1. The molecule has 7 heteroatoms. The van der Waals surface area contributed by atoms with Gasteiger partial charge in [0.25, 0.3) is 0 Å². The molecule has 0 radical (unpaired) electrons. The van der Waals surface area contributed by atoms with Gasteiger partial charge in [0.05, 0.1) is 7.39 Å². The number of amides is 2.